The minimum absolute atomic E-state index is 0.108. The van der Waals surface area contributed by atoms with Gasteiger partial charge in [0, 0.05) is 37.8 Å². The third-order valence-corrected chi connectivity index (χ3v) is 4.76. The van der Waals surface area contributed by atoms with E-state index in [-0.39, 0.29) is 16.5 Å². The Morgan fingerprint density at radius 1 is 1.06 bits per heavy atom. The van der Waals surface area contributed by atoms with Crippen molar-refractivity contribution in [3.63, 3.8) is 0 Å². The number of nitrogens with zero attached hydrogens (tertiary/aromatic N) is 3. The van der Waals surface area contributed by atoms with Crippen molar-refractivity contribution >= 4 is 34.9 Å². The van der Waals surface area contributed by atoms with Crippen molar-refractivity contribution in [1.82, 2.24) is 4.98 Å². The summed E-state index contributed by atoms with van der Waals surface area (Å²) in [6.45, 7) is 0.630. The van der Waals surface area contributed by atoms with Crippen molar-refractivity contribution in [2.24, 2.45) is 5.16 Å². The first-order valence-corrected chi connectivity index (χ1v) is 9.50. The molecule has 0 saturated carbocycles. The second kappa shape index (κ2) is 9.23. The molecule has 1 fully saturated rings. The van der Waals surface area contributed by atoms with Gasteiger partial charge < -0.3 is 4.90 Å². The minimum Gasteiger partial charge on any atom is -0.355 e. The number of oxime groups is 1. The second-order valence-corrected chi connectivity index (χ2v) is 7.16. The molecule has 0 bridgehead atoms. The molecule has 0 atom stereocenters. The van der Waals surface area contributed by atoms with Gasteiger partial charge in [0.15, 0.2) is 0 Å². The number of rotatable bonds is 3. The predicted octanol–water partition coefficient (Wildman–Crippen LogP) is 5.98. The molecule has 0 aliphatic carbocycles. The van der Waals surface area contributed by atoms with E-state index in [2.05, 4.69) is 15.5 Å². The summed E-state index contributed by atoms with van der Waals surface area (Å²) in [6, 6.07) is 4.83. The molecule has 13 heteroatoms. The number of carbonyl (C=O) groups is 1. The maximum absolute atomic E-state index is 12.7. The zero-order valence-corrected chi connectivity index (χ0v) is 16.9. The van der Waals surface area contributed by atoms with Gasteiger partial charge in [-0.1, -0.05) is 22.8 Å². The highest BCUT2D eigenvalue weighted by atomic mass is 35.5. The van der Waals surface area contributed by atoms with Gasteiger partial charge in [-0.2, -0.15) is 26.3 Å². The predicted molar refractivity (Wildman–Crippen MR) is 105 cm³/mol. The molecule has 3 rings (SSSR count). The molecule has 1 aliphatic heterocycles. The lowest BCUT2D eigenvalue weighted by Gasteiger charge is -2.29. The number of benzene rings is 1. The molecule has 0 spiro atoms. The summed E-state index contributed by atoms with van der Waals surface area (Å²) in [5, 5.41) is 5.71. The van der Waals surface area contributed by atoms with Gasteiger partial charge in [0.2, 0.25) is 0 Å². The van der Waals surface area contributed by atoms with Gasteiger partial charge in [0.05, 0.1) is 21.9 Å². The summed E-state index contributed by atoms with van der Waals surface area (Å²) in [7, 11) is 0. The number of amides is 1. The monoisotopic (exact) mass is 480 g/mol. The van der Waals surface area contributed by atoms with Crippen molar-refractivity contribution in [2.45, 2.75) is 25.2 Å². The Labute approximate surface area is 182 Å². The summed E-state index contributed by atoms with van der Waals surface area (Å²) in [5.74, 6) is 0.196. The molecule has 1 aromatic heterocycles. The van der Waals surface area contributed by atoms with Gasteiger partial charge in [-0.05, 0) is 24.3 Å². The molecule has 172 valence electrons. The standard InChI is InChI=1S/C19H15ClF6N4O2/c20-15-9-12(19(24,25)26)10-27-16(15)30-6-4-13(5-7-30)29-32-17(31)28-14-3-1-2-11(8-14)18(21,22)23/h1-3,8-10H,4-7H2,(H,28,31). The van der Waals surface area contributed by atoms with Gasteiger partial charge in [0.25, 0.3) is 0 Å². The van der Waals surface area contributed by atoms with E-state index >= 15 is 0 Å². The van der Waals surface area contributed by atoms with E-state index in [0.29, 0.717) is 37.8 Å². The van der Waals surface area contributed by atoms with E-state index in [4.69, 9.17) is 16.4 Å². The third-order valence-electron chi connectivity index (χ3n) is 4.48. The normalized spacial score (nSPS) is 14.8. The number of piperidine rings is 1. The highest BCUT2D eigenvalue weighted by Crippen LogP contribution is 2.34. The van der Waals surface area contributed by atoms with Crippen LogP contribution in [0.1, 0.15) is 24.0 Å². The number of nitrogens with one attached hydrogen (secondary N) is 1. The summed E-state index contributed by atoms with van der Waals surface area (Å²) in [4.78, 5) is 22.0. The summed E-state index contributed by atoms with van der Waals surface area (Å²) in [5.41, 5.74) is -1.50. The van der Waals surface area contributed by atoms with Gasteiger partial charge in [-0.15, -0.1) is 0 Å². The van der Waals surface area contributed by atoms with Crippen molar-refractivity contribution in [3.8, 4) is 0 Å². The van der Waals surface area contributed by atoms with E-state index in [9.17, 15) is 31.1 Å². The van der Waals surface area contributed by atoms with Gasteiger partial charge in [-0.3, -0.25) is 10.2 Å². The summed E-state index contributed by atoms with van der Waals surface area (Å²) < 4.78 is 76.3. The van der Waals surface area contributed by atoms with Crippen LogP contribution in [0.3, 0.4) is 0 Å². The molecule has 2 heterocycles. The van der Waals surface area contributed by atoms with Gasteiger partial charge in [0.1, 0.15) is 5.82 Å². The highest BCUT2D eigenvalue weighted by molar-refractivity contribution is 6.33. The van der Waals surface area contributed by atoms with E-state index < -0.39 is 29.6 Å². The van der Waals surface area contributed by atoms with Gasteiger partial charge >= 0.3 is 18.4 Å². The van der Waals surface area contributed by atoms with Crippen LogP contribution in [0, 0.1) is 0 Å². The molecule has 32 heavy (non-hydrogen) atoms. The van der Waals surface area contributed by atoms with Crippen molar-refractivity contribution < 1.29 is 36.0 Å². The van der Waals surface area contributed by atoms with Crippen LogP contribution in [0.2, 0.25) is 5.02 Å². The Morgan fingerprint density at radius 3 is 2.31 bits per heavy atom. The Morgan fingerprint density at radius 2 is 1.72 bits per heavy atom. The maximum atomic E-state index is 12.7. The van der Waals surface area contributed by atoms with Crippen molar-refractivity contribution in [2.75, 3.05) is 23.3 Å². The third kappa shape index (κ3) is 6.02. The fourth-order valence-electron chi connectivity index (χ4n) is 2.91. The first-order chi connectivity index (χ1) is 14.9. The molecule has 1 amide bonds. The van der Waals surface area contributed by atoms with E-state index in [0.717, 1.165) is 24.3 Å². The van der Waals surface area contributed by atoms with E-state index in [1.54, 1.807) is 4.90 Å². The second-order valence-electron chi connectivity index (χ2n) is 6.75. The zero-order valence-electron chi connectivity index (χ0n) is 16.1. The Bertz CT molecular complexity index is 1020. The molecular formula is C19H15ClF6N4O2. The van der Waals surface area contributed by atoms with Crippen LogP contribution in [0.5, 0.6) is 0 Å². The zero-order chi connectivity index (χ0) is 23.5. The van der Waals surface area contributed by atoms with E-state index in [1.165, 1.54) is 6.07 Å². The topological polar surface area (TPSA) is 66.8 Å². The molecule has 1 N–H and O–H groups in total. The van der Waals surface area contributed by atoms with Crippen molar-refractivity contribution in [1.29, 1.82) is 0 Å². The van der Waals surface area contributed by atoms with Crippen LogP contribution in [0.4, 0.5) is 42.6 Å². The molecule has 6 nitrogen and oxygen atoms in total. The van der Waals surface area contributed by atoms with E-state index in [1.807, 2.05) is 0 Å². The maximum Gasteiger partial charge on any atom is 0.437 e. The molecule has 1 aliphatic rings. The quantitative estimate of drug-likeness (QED) is 0.333. The molecule has 0 unspecified atom stereocenters. The average molecular weight is 481 g/mol. The number of anilines is 2. The first kappa shape index (κ1) is 23.6. The molecule has 2 aromatic rings. The summed E-state index contributed by atoms with van der Waals surface area (Å²) >= 11 is 5.94. The van der Waals surface area contributed by atoms with Crippen molar-refractivity contribution in [3.05, 3.63) is 52.7 Å². The number of hydrogen-bond acceptors (Lipinski definition) is 5. The Kier molecular flexibility index (Phi) is 6.82. The number of alkyl halides is 6. The number of carbonyl (C=O) groups excluding carboxylic acids is 1. The molecule has 1 saturated heterocycles. The largest absolute Gasteiger partial charge is 0.437 e. The number of hydrogen-bond donors (Lipinski definition) is 1. The smallest absolute Gasteiger partial charge is 0.355 e. The summed E-state index contributed by atoms with van der Waals surface area (Å²) in [6.07, 6.45) is -8.84. The van der Waals surface area contributed by atoms with Crippen LogP contribution in [0.25, 0.3) is 0 Å². The number of pyridine rings is 1. The SMILES string of the molecule is O=C(Nc1cccc(C(F)(F)F)c1)ON=C1CCN(c2ncc(C(F)(F)F)cc2Cl)CC1. The first-order valence-electron chi connectivity index (χ1n) is 9.12. The lowest BCUT2D eigenvalue weighted by molar-refractivity contribution is -0.138. The Balaban J connectivity index is 1.54. The van der Waals surface area contributed by atoms with Crippen LogP contribution in [0.15, 0.2) is 41.7 Å². The number of halogens is 7. The lowest BCUT2D eigenvalue weighted by atomic mass is 10.1. The molecule has 0 radical (unpaired) electrons. The lowest BCUT2D eigenvalue weighted by Crippen LogP contribution is -2.35. The average Bonchev–Trinajstić information content (AvgIpc) is 2.71. The molecule has 1 aromatic carbocycles. The van der Waals surface area contributed by atoms with Crippen LogP contribution in [-0.4, -0.2) is 29.9 Å². The Hall–Kier alpha value is -3.02. The fourth-order valence-corrected chi connectivity index (χ4v) is 3.19. The van der Waals surface area contributed by atoms with Crippen LogP contribution < -0.4 is 10.2 Å². The highest BCUT2D eigenvalue weighted by Gasteiger charge is 2.32. The van der Waals surface area contributed by atoms with Gasteiger partial charge in [-0.25, -0.2) is 9.78 Å². The molecular weight excluding hydrogens is 466 g/mol. The fraction of sp³-hybridized carbons (Fsp3) is 0.316. The van der Waals surface area contributed by atoms with Crippen LogP contribution in [-0.2, 0) is 17.2 Å². The number of aromatic nitrogens is 1. The minimum atomic E-state index is -4.55. The van der Waals surface area contributed by atoms with Crippen LogP contribution >= 0.6 is 11.6 Å².